The summed E-state index contributed by atoms with van der Waals surface area (Å²) in [6, 6.07) is 0. The second-order valence-electron chi connectivity index (χ2n) is 2.42. The minimum absolute atomic E-state index is 0.773. The van der Waals surface area contributed by atoms with E-state index in [1.807, 2.05) is 0 Å². The summed E-state index contributed by atoms with van der Waals surface area (Å²) >= 11 is 1.10. The number of rotatable bonds is 4. The quantitative estimate of drug-likeness (QED) is 0.596. The van der Waals surface area contributed by atoms with Crippen LogP contribution in [0.15, 0.2) is 0 Å². The molecular formula is C6H13NO3S. The SMILES string of the molecule is C[C@@H](O)[C@H](SN(C)C)C(=O)O. The standard InChI is InChI=1S/C6H13NO3S/c1-4(8)5(6(9)10)11-7(2)3/h4-5,8H,1-3H3,(H,9,10)/t4-,5+/m1/s1. The fourth-order valence-corrected chi connectivity index (χ4v) is 1.29. The van der Waals surface area contributed by atoms with Crippen LogP contribution in [-0.2, 0) is 4.79 Å². The van der Waals surface area contributed by atoms with E-state index in [4.69, 9.17) is 10.2 Å². The normalized spacial score (nSPS) is 16.5. The molecule has 0 saturated carbocycles. The molecule has 0 saturated heterocycles. The van der Waals surface area contributed by atoms with E-state index in [-0.39, 0.29) is 0 Å². The average Bonchev–Trinajstić information content (AvgIpc) is 1.81. The molecule has 5 heteroatoms. The van der Waals surface area contributed by atoms with Gasteiger partial charge < -0.3 is 10.2 Å². The first-order valence-electron chi connectivity index (χ1n) is 3.20. The third-order valence-electron chi connectivity index (χ3n) is 1.01. The molecule has 66 valence electrons. The van der Waals surface area contributed by atoms with Crippen LogP contribution in [0.4, 0.5) is 0 Å². The maximum absolute atomic E-state index is 10.5. The monoisotopic (exact) mass is 179 g/mol. The zero-order chi connectivity index (χ0) is 9.02. The van der Waals surface area contributed by atoms with Gasteiger partial charge in [-0.05, 0) is 21.0 Å². The van der Waals surface area contributed by atoms with Gasteiger partial charge in [0.2, 0.25) is 0 Å². The van der Waals surface area contributed by atoms with E-state index in [1.54, 1.807) is 18.4 Å². The van der Waals surface area contributed by atoms with Crippen LogP contribution in [-0.4, -0.2) is 45.9 Å². The van der Waals surface area contributed by atoms with Gasteiger partial charge in [0.25, 0.3) is 0 Å². The number of aliphatic hydroxyl groups excluding tert-OH is 1. The highest BCUT2D eigenvalue weighted by molar-refractivity contribution is 7.98. The summed E-state index contributed by atoms with van der Waals surface area (Å²) in [5, 5.41) is 16.8. The number of carboxylic acid groups (broad SMARTS) is 1. The molecule has 0 radical (unpaired) electrons. The zero-order valence-corrected chi connectivity index (χ0v) is 7.63. The lowest BCUT2D eigenvalue weighted by Crippen LogP contribution is -2.31. The predicted octanol–water partition coefficient (Wildman–Crippen LogP) is 0.0302. The summed E-state index contributed by atoms with van der Waals surface area (Å²) in [6.07, 6.45) is -0.833. The Morgan fingerprint density at radius 3 is 2.09 bits per heavy atom. The van der Waals surface area contributed by atoms with Gasteiger partial charge in [-0.25, -0.2) is 0 Å². The summed E-state index contributed by atoms with van der Waals surface area (Å²) in [4.78, 5) is 10.5. The van der Waals surface area contributed by atoms with Crippen LogP contribution in [0.2, 0.25) is 0 Å². The van der Waals surface area contributed by atoms with Crippen molar-refractivity contribution in [3.05, 3.63) is 0 Å². The number of aliphatic carboxylic acids is 1. The van der Waals surface area contributed by atoms with Crippen LogP contribution in [0.5, 0.6) is 0 Å². The number of nitrogens with zero attached hydrogens (tertiary/aromatic N) is 1. The minimum atomic E-state index is -0.987. The molecule has 0 aliphatic carbocycles. The Morgan fingerprint density at radius 2 is 2.00 bits per heavy atom. The van der Waals surface area contributed by atoms with Crippen molar-refractivity contribution < 1.29 is 15.0 Å². The lowest BCUT2D eigenvalue weighted by Gasteiger charge is -2.18. The van der Waals surface area contributed by atoms with Crippen molar-refractivity contribution in [3.63, 3.8) is 0 Å². The first-order chi connectivity index (χ1) is 4.95. The molecule has 11 heavy (non-hydrogen) atoms. The Morgan fingerprint density at radius 1 is 1.55 bits per heavy atom. The van der Waals surface area contributed by atoms with E-state index in [2.05, 4.69) is 0 Å². The van der Waals surface area contributed by atoms with Crippen molar-refractivity contribution >= 4 is 17.9 Å². The van der Waals surface area contributed by atoms with E-state index in [1.165, 1.54) is 6.92 Å². The van der Waals surface area contributed by atoms with Crippen LogP contribution in [0, 0.1) is 0 Å². The minimum Gasteiger partial charge on any atom is -0.480 e. The molecule has 0 bridgehead atoms. The predicted molar refractivity (Wildman–Crippen MR) is 44.4 cm³/mol. The van der Waals surface area contributed by atoms with E-state index in [0.717, 1.165) is 11.9 Å². The summed E-state index contributed by atoms with van der Waals surface area (Å²) in [7, 11) is 3.48. The van der Waals surface area contributed by atoms with Gasteiger partial charge >= 0.3 is 5.97 Å². The molecule has 0 spiro atoms. The van der Waals surface area contributed by atoms with Crippen LogP contribution < -0.4 is 0 Å². The van der Waals surface area contributed by atoms with Crippen molar-refractivity contribution in [1.29, 1.82) is 0 Å². The molecule has 4 nitrogen and oxygen atoms in total. The van der Waals surface area contributed by atoms with Crippen molar-refractivity contribution in [2.75, 3.05) is 14.1 Å². The van der Waals surface area contributed by atoms with Gasteiger partial charge in [0, 0.05) is 0 Å². The number of carbonyl (C=O) groups is 1. The molecule has 2 N–H and O–H groups in total. The van der Waals surface area contributed by atoms with Gasteiger partial charge in [-0.15, -0.1) is 0 Å². The van der Waals surface area contributed by atoms with Gasteiger partial charge in [0.05, 0.1) is 6.10 Å². The molecule has 0 aliphatic rings. The second kappa shape index (κ2) is 4.58. The van der Waals surface area contributed by atoms with Gasteiger partial charge in [0.15, 0.2) is 0 Å². The molecule has 0 rings (SSSR count). The molecular weight excluding hydrogens is 166 g/mol. The van der Waals surface area contributed by atoms with E-state index in [0.29, 0.717) is 0 Å². The molecule has 2 atom stereocenters. The molecule has 0 fully saturated rings. The molecule has 0 aromatic heterocycles. The number of carboxylic acids is 1. The highest BCUT2D eigenvalue weighted by Gasteiger charge is 2.24. The average molecular weight is 179 g/mol. The molecule has 0 heterocycles. The van der Waals surface area contributed by atoms with Gasteiger partial charge in [-0.3, -0.25) is 9.10 Å². The maximum Gasteiger partial charge on any atom is 0.320 e. The van der Waals surface area contributed by atoms with E-state index in [9.17, 15) is 4.79 Å². The van der Waals surface area contributed by atoms with Crippen LogP contribution in [0.25, 0.3) is 0 Å². The zero-order valence-electron chi connectivity index (χ0n) is 6.81. The Balaban J connectivity index is 4.01. The lowest BCUT2D eigenvalue weighted by atomic mass is 10.3. The topological polar surface area (TPSA) is 60.8 Å². The molecule has 0 aliphatic heterocycles. The highest BCUT2D eigenvalue weighted by atomic mass is 32.2. The molecule has 0 amide bonds. The number of hydrogen-bond acceptors (Lipinski definition) is 4. The van der Waals surface area contributed by atoms with Crippen molar-refractivity contribution in [2.24, 2.45) is 0 Å². The Hall–Kier alpha value is -0.260. The number of aliphatic hydroxyl groups is 1. The van der Waals surface area contributed by atoms with Gasteiger partial charge in [-0.1, -0.05) is 11.9 Å². The van der Waals surface area contributed by atoms with Crippen LogP contribution in [0.1, 0.15) is 6.92 Å². The molecule has 0 unspecified atom stereocenters. The Kier molecular flexibility index (Phi) is 4.48. The summed E-state index contributed by atoms with van der Waals surface area (Å²) in [6.45, 7) is 1.47. The van der Waals surface area contributed by atoms with Crippen molar-refractivity contribution in [2.45, 2.75) is 18.3 Å². The fraction of sp³-hybridized carbons (Fsp3) is 0.833. The first kappa shape index (κ1) is 10.7. The van der Waals surface area contributed by atoms with Crippen molar-refractivity contribution in [1.82, 2.24) is 4.31 Å². The summed E-state index contributed by atoms with van der Waals surface area (Å²) in [5.41, 5.74) is 0. The van der Waals surface area contributed by atoms with Crippen LogP contribution in [0.3, 0.4) is 0 Å². The number of hydrogen-bond donors (Lipinski definition) is 2. The third kappa shape index (κ3) is 4.23. The largest absolute Gasteiger partial charge is 0.480 e. The van der Waals surface area contributed by atoms with E-state index < -0.39 is 17.3 Å². The summed E-state index contributed by atoms with van der Waals surface area (Å²) < 4.78 is 1.66. The molecule has 0 aromatic carbocycles. The van der Waals surface area contributed by atoms with Crippen molar-refractivity contribution in [3.8, 4) is 0 Å². The van der Waals surface area contributed by atoms with E-state index >= 15 is 0 Å². The van der Waals surface area contributed by atoms with Crippen LogP contribution >= 0.6 is 11.9 Å². The molecule has 0 aromatic rings. The fourth-order valence-electron chi connectivity index (χ4n) is 0.567. The third-order valence-corrected chi connectivity index (χ3v) is 2.25. The first-order valence-corrected chi connectivity index (χ1v) is 4.03. The summed E-state index contributed by atoms with van der Waals surface area (Å²) in [5.74, 6) is -0.987. The lowest BCUT2D eigenvalue weighted by molar-refractivity contribution is -0.138. The highest BCUT2D eigenvalue weighted by Crippen LogP contribution is 2.16. The Bertz CT molecular complexity index is 138. The Labute approximate surface area is 70.3 Å². The smallest absolute Gasteiger partial charge is 0.320 e. The van der Waals surface area contributed by atoms with Gasteiger partial charge in [-0.2, -0.15) is 0 Å². The second-order valence-corrected chi connectivity index (χ2v) is 3.87. The van der Waals surface area contributed by atoms with Gasteiger partial charge in [0.1, 0.15) is 5.25 Å². The maximum atomic E-state index is 10.5.